The molecule has 0 aromatic rings. The lowest BCUT2D eigenvalue weighted by Gasteiger charge is -2.23. The van der Waals surface area contributed by atoms with Gasteiger partial charge in [-0.25, -0.2) is 4.79 Å². The highest BCUT2D eigenvalue weighted by molar-refractivity contribution is 5.94. The van der Waals surface area contributed by atoms with Crippen LogP contribution in [-0.4, -0.2) is 101 Å². The summed E-state index contributed by atoms with van der Waals surface area (Å²) in [4.78, 5) is 51.0. The number of nitrogens with zero attached hydrogens (tertiary/aromatic N) is 1. The van der Waals surface area contributed by atoms with Gasteiger partial charge in [-0.15, -0.1) is 0 Å². The van der Waals surface area contributed by atoms with E-state index in [-0.39, 0.29) is 25.3 Å². The molecule has 0 saturated heterocycles. The summed E-state index contributed by atoms with van der Waals surface area (Å²) in [5.74, 6) is -4.49. The fourth-order valence-electron chi connectivity index (χ4n) is 2.06. The van der Waals surface area contributed by atoms with Crippen LogP contribution in [0.4, 0.5) is 0 Å². The summed E-state index contributed by atoms with van der Waals surface area (Å²) in [5, 5.41) is 42.9. The van der Waals surface area contributed by atoms with E-state index >= 15 is 0 Å². The Morgan fingerprint density at radius 1 is 0.800 bits per heavy atom. The zero-order valence-corrected chi connectivity index (χ0v) is 16.2. The number of hydrogen-bond acceptors (Lipinski definition) is 9. The molecule has 0 heterocycles. The minimum absolute atomic E-state index is 0.0294. The molecule has 0 rings (SSSR count). The summed E-state index contributed by atoms with van der Waals surface area (Å²) in [6, 6.07) is -5.76. The zero-order valence-electron chi connectivity index (χ0n) is 16.2. The monoisotopic (exact) mass is 435 g/mol. The third kappa shape index (κ3) is 9.97. The molecule has 0 fully saturated rings. The molecule has 30 heavy (non-hydrogen) atoms. The van der Waals surface area contributed by atoms with Gasteiger partial charge in [-0.1, -0.05) is 0 Å². The van der Waals surface area contributed by atoms with Crippen molar-refractivity contribution in [2.75, 3.05) is 26.4 Å². The Balaban J connectivity index is 4.92. The fourth-order valence-corrected chi connectivity index (χ4v) is 2.06. The molecule has 0 aliphatic heterocycles. The number of aliphatic imine (C=N–C) groups is 1. The number of guanidine groups is 1. The molecule has 0 aromatic heterocycles. The second-order valence-corrected chi connectivity index (χ2v) is 6.12. The molecule has 3 amide bonds. The average Bonchev–Trinajstić information content (AvgIpc) is 2.70. The van der Waals surface area contributed by atoms with Crippen LogP contribution in [0.25, 0.3) is 0 Å². The van der Waals surface area contributed by atoms with Gasteiger partial charge in [-0.05, 0) is 12.8 Å². The number of nitrogens with two attached hydrogens (primary N) is 3. The largest absolute Gasteiger partial charge is 0.480 e. The van der Waals surface area contributed by atoms with Crippen molar-refractivity contribution in [1.29, 1.82) is 0 Å². The van der Waals surface area contributed by atoms with Crippen molar-refractivity contribution >= 4 is 29.7 Å². The van der Waals surface area contributed by atoms with Crippen LogP contribution in [-0.2, 0) is 19.2 Å². The number of rotatable bonds is 14. The molecule has 0 aliphatic rings. The number of carboxylic acids is 1. The van der Waals surface area contributed by atoms with Gasteiger partial charge in [0.2, 0.25) is 17.7 Å². The second-order valence-electron chi connectivity index (χ2n) is 6.12. The second kappa shape index (κ2) is 14.0. The molecule has 15 heteroatoms. The van der Waals surface area contributed by atoms with Gasteiger partial charge in [0.05, 0.1) is 19.8 Å². The molecule has 13 N–H and O–H groups in total. The van der Waals surface area contributed by atoms with Crippen LogP contribution in [0.1, 0.15) is 12.8 Å². The minimum Gasteiger partial charge on any atom is -0.480 e. The van der Waals surface area contributed by atoms with Crippen molar-refractivity contribution in [3.63, 3.8) is 0 Å². The van der Waals surface area contributed by atoms with E-state index in [1.807, 2.05) is 0 Å². The third-order valence-corrected chi connectivity index (χ3v) is 3.72. The van der Waals surface area contributed by atoms with E-state index in [0.717, 1.165) is 0 Å². The van der Waals surface area contributed by atoms with E-state index in [1.165, 1.54) is 0 Å². The van der Waals surface area contributed by atoms with E-state index in [1.54, 1.807) is 0 Å². The van der Waals surface area contributed by atoms with E-state index in [2.05, 4.69) is 20.9 Å². The maximum Gasteiger partial charge on any atom is 0.326 e. The topological polar surface area (TPSA) is 276 Å². The molecule has 0 aromatic carbocycles. The van der Waals surface area contributed by atoms with Crippen LogP contribution in [0.15, 0.2) is 4.99 Å². The maximum absolute atomic E-state index is 12.2. The van der Waals surface area contributed by atoms with E-state index < -0.39 is 67.7 Å². The Kier molecular flexibility index (Phi) is 12.6. The molecule has 0 bridgehead atoms. The minimum atomic E-state index is -1.56. The first-order valence-electron chi connectivity index (χ1n) is 8.84. The zero-order chi connectivity index (χ0) is 23.3. The van der Waals surface area contributed by atoms with Crippen molar-refractivity contribution in [2.45, 2.75) is 37.0 Å². The van der Waals surface area contributed by atoms with Crippen LogP contribution in [0.5, 0.6) is 0 Å². The van der Waals surface area contributed by atoms with Gasteiger partial charge in [0.1, 0.15) is 24.2 Å². The predicted octanol–water partition coefficient (Wildman–Crippen LogP) is -6.12. The summed E-state index contributed by atoms with van der Waals surface area (Å²) in [6.07, 6.45) is 0.202. The van der Waals surface area contributed by atoms with E-state index in [4.69, 9.17) is 22.3 Å². The van der Waals surface area contributed by atoms with Crippen LogP contribution < -0.4 is 33.2 Å². The normalized spacial score (nSPS) is 14.5. The first-order chi connectivity index (χ1) is 14.1. The van der Waals surface area contributed by atoms with E-state index in [9.17, 15) is 34.5 Å². The van der Waals surface area contributed by atoms with Gasteiger partial charge in [-0.2, -0.15) is 0 Å². The van der Waals surface area contributed by atoms with Crippen LogP contribution in [0.3, 0.4) is 0 Å². The van der Waals surface area contributed by atoms with Crippen molar-refractivity contribution in [2.24, 2.45) is 22.2 Å². The number of carboxylic acid groups (broad SMARTS) is 1. The first-order valence-corrected chi connectivity index (χ1v) is 8.84. The van der Waals surface area contributed by atoms with E-state index in [0.29, 0.717) is 0 Å². The Hall–Kier alpha value is -3.01. The summed E-state index contributed by atoms with van der Waals surface area (Å²) in [7, 11) is 0. The number of amides is 3. The summed E-state index contributed by atoms with van der Waals surface area (Å²) < 4.78 is 0. The van der Waals surface area contributed by atoms with Crippen LogP contribution in [0.2, 0.25) is 0 Å². The smallest absolute Gasteiger partial charge is 0.326 e. The maximum atomic E-state index is 12.2. The third-order valence-electron chi connectivity index (χ3n) is 3.72. The lowest BCUT2D eigenvalue weighted by Crippen LogP contribution is -2.59. The number of aliphatic carboxylic acids is 1. The molecule has 4 unspecified atom stereocenters. The lowest BCUT2D eigenvalue weighted by atomic mass is 10.1. The molecule has 0 spiro atoms. The van der Waals surface area contributed by atoms with Crippen LogP contribution >= 0.6 is 0 Å². The predicted molar refractivity (Wildman–Crippen MR) is 103 cm³/mol. The molecule has 0 aliphatic carbocycles. The Labute approximate surface area is 171 Å². The van der Waals surface area contributed by atoms with Gasteiger partial charge >= 0.3 is 5.97 Å². The molecule has 172 valence electrons. The number of hydrogen-bond donors (Lipinski definition) is 10. The molecule has 0 radical (unpaired) electrons. The first kappa shape index (κ1) is 27.0. The van der Waals surface area contributed by atoms with Crippen LogP contribution in [0, 0.1) is 0 Å². The Morgan fingerprint density at radius 2 is 1.27 bits per heavy atom. The van der Waals surface area contributed by atoms with Crippen molar-refractivity contribution in [1.82, 2.24) is 16.0 Å². The number of carbonyl (C=O) groups excluding carboxylic acids is 3. The molecule has 4 atom stereocenters. The number of carbonyl (C=O) groups is 4. The summed E-state index contributed by atoms with van der Waals surface area (Å²) >= 11 is 0. The fraction of sp³-hybridized carbons (Fsp3) is 0.667. The van der Waals surface area contributed by atoms with Gasteiger partial charge in [0.25, 0.3) is 0 Å². The lowest BCUT2D eigenvalue weighted by molar-refractivity contribution is -0.142. The number of nitrogens with one attached hydrogen (secondary N) is 3. The Morgan fingerprint density at radius 3 is 1.67 bits per heavy atom. The van der Waals surface area contributed by atoms with Gasteiger partial charge < -0.3 is 53.6 Å². The molecule has 0 saturated carbocycles. The summed E-state index contributed by atoms with van der Waals surface area (Å²) in [5.41, 5.74) is 15.6. The standard InChI is InChI=1S/C15H29N7O8/c16-7(4-23)11(26)21-9(5-24)13(28)22-10(6-25)12(27)20-8(14(29)30)2-1-3-19-15(17)18/h7-10,23-25H,1-6,16H2,(H,20,27)(H,21,26)(H,22,28)(H,29,30)(H4,17,18,19). The average molecular weight is 435 g/mol. The number of aliphatic hydroxyl groups is 3. The Bertz CT molecular complexity index is 626. The van der Waals surface area contributed by atoms with Gasteiger partial charge in [0.15, 0.2) is 5.96 Å². The highest BCUT2D eigenvalue weighted by Crippen LogP contribution is 2.00. The highest BCUT2D eigenvalue weighted by atomic mass is 16.4. The molecule has 15 nitrogen and oxygen atoms in total. The van der Waals surface area contributed by atoms with Crippen molar-refractivity contribution in [3.8, 4) is 0 Å². The quantitative estimate of drug-likeness (QED) is 0.0696. The highest BCUT2D eigenvalue weighted by Gasteiger charge is 2.29. The van der Waals surface area contributed by atoms with Crippen molar-refractivity contribution < 1.29 is 39.6 Å². The molecular formula is C15H29N7O8. The SMILES string of the molecule is NC(N)=NCCCC(NC(=O)C(CO)NC(=O)C(CO)NC(=O)C(N)CO)C(=O)O. The molecular weight excluding hydrogens is 406 g/mol. The van der Waals surface area contributed by atoms with Crippen molar-refractivity contribution in [3.05, 3.63) is 0 Å². The van der Waals surface area contributed by atoms with Gasteiger partial charge in [0, 0.05) is 6.54 Å². The summed E-state index contributed by atoms with van der Waals surface area (Å²) in [6.45, 7) is -2.32. The van der Waals surface area contributed by atoms with Gasteiger partial charge in [-0.3, -0.25) is 19.4 Å². The number of aliphatic hydroxyl groups excluding tert-OH is 3.